The van der Waals surface area contributed by atoms with E-state index in [9.17, 15) is 13.2 Å². The van der Waals surface area contributed by atoms with Crippen LogP contribution < -0.4 is 0 Å². The Morgan fingerprint density at radius 1 is 0.963 bits per heavy atom. The van der Waals surface area contributed by atoms with Gasteiger partial charge in [-0.05, 0) is 37.5 Å². The molecule has 2 rings (SSSR count). The van der Waals surface area contributed by atoms with Crippen LogP contribution in [0.25, 0.3) is 0 Å². The van der Waals surface area contributed by atoms with Crippen LogP contribution >= 0.6 is 0 Å². The van der Waals surface area contributed by atoms with Gasteiger partial charge in [0.2, 0.25) is 15.9 Å². The maximum Gasteiger partial charge on any atom is 0.238 e. The Labute approximate surface area is 162 Å². The lowest BCUT2D eigenvalue weighted by Gasteiger charge is -2.30. The second-order valence-corrected chi connectivity index (χ2v) is 9.04. The van der Waals surface area contributed by atoms with Crippen molar-refractivity contribution in [1.29, 1.82) is 0 Å². The fourth-order valence-corrected chi connectivity index (χ4v) is 3.57. The van der Waals surface area contributed by atoms with E-state index in [4.69, 9.17) is 0 Å². The van der Waals surface area contributed by atoms with E-state index < -0.39 is 10.0 Å². The molecule has 0 fully saturated rings. The monoisotopic (exact) mass is 388 g/mol. The van der Waals surface area contributed by atoms with Crippen molar-refractivity contribution in [2.24, 2.45) is 0 Å². The smallest absolute Gasteiger partial charge is 0.238 e. The van der Waals surface area contributed by atoms with Crippen molar-refractivity contribution in [1.82, 2.24) is 9.21 Å². The van der Waals surface area contributed by atoms with Crippen LogP contribution in [-0.4, -0.2) is 42.4 Å². The first-order valence-corrected chi connectivity index (χ1v) is 10.9. The molecule has 0 radical (unpaired) electrons. The number of carbonyl (C=O) groups is 1. The van der Waals surface area contributed by atoms with Gasteiger partial charge >= 0.3 is 0 Å². The second kappa shape index (κ2) is 9.15. The van der Waals surface area contributed by atoms with Crippen LogP contribution in [0.15, 0.2) is 54.6 Å². The first-order valence-electron chi connectivity index (χ1n) is 9.01. The molecule has 2 aromatic rings. The molecule has 6 heteroatoms. The molecule has 146 valence electrons. The summed E-state index contributed by atoms with van der Waals surface area (Å²) in [5.74, 6) is -0.201. The third-order valence-electron chi connectivity index (χ3n) is 4.53. The molecule has 0 N–H and O–H groups in total. The number of amides is 1. The first-order chi connectivity index (χ1) is 12.7. The number of sulfonamides is 1. The zero-order valence-corrected chi connectivity index (χ0v) is 17.2. The number of hydrogen-bond donors (Lipinski definition) is 0. The van der Waals surface area contributed by atoms with Gasteiger partial charge in [-0.1, -0.05) is 54.6 Å². The number of rotatable bonds is 8. The van der Waals surface area contributed by atoms with Crippen LogP contribution in [0.2, 0.25) is 0 Å². The van der Waals surface area contributed by atoms with Crippen LogP contribution in [0, 0.1) is 6.92 Å². The van der Waals surface area contributed by atoms with Crippen molar-refractivity contribution >= 4 is 15.9 Å². The Morgan fingerprint density at radius 3 is 2.11 bits per heavy atom. The van der Waals surface area contributed by atoms with E-state index in [1.54, 1.807) is 4.90 Å². The standard InChI is InChI=1S/C21H28N2O3S/c1-17(2)23(14-19-11-6-5-7-12-19)21(24)16-22(27(4,25)26)15-20-13-9-8-10-18(20)3/h5-13,17H,14-16H2,1-4H3. The number of hydrogen-bond acceptors (Lipinski definition) is 3. The van der Waals surface area contributed by atoms with E-state index in [0.717, 1.165) is 22.9 Å². The van der Waals surface area contributed by atoms with Crippen molar-refractivity contribution in [3.63, 3.8) is 0 Å². The molecule has 0 saturated heterocycles. The highest BCUT2D eigenvalue weighted by Crippen LogP contribution is 2.15. The predicted molar refractivity (Wildman–Crippen MR) is 109 cm³/mol. The average molecular weight is 389 g/mol. The number of carbonyl (C=O) groups excluding carboxylic acids is 1. The summed E-state index contributed by atoms with van der Waals surface area (Å²) in [6.45, 7) is 6.29. The average Bonchev–Trinajstić information content (AvgIpc) is 2.60. The van der Waals surface area contributed by atoms with Crippen LogP contribution in [0.5, 0.6) is 0 Å². The van der Waals surface area contributed by atoms with Crippen molar-refractivity contribution in [2.75, 3.05) is 12.8 Å². The molecule has 0 aliphatic heterocycles. The Kier molecular flexibility index (Phi) is 7.16. The van der Waals surface area contributed by atoms with E-state index in [1.165, 1.54) is 4.31 Å². The summed E-state index contributed by atoms with van der Waals surface area (Å²) >= 11 is 0. The molecule has 0 aliphatic carbocycles. The lowest BCUT2D eigenvalue weighted by atomic mass is 10.1. The minimum absolute atomic E-state index is 0.0300. The molecule has 0 bridgehead atoms. The molecule has 0 aliphatic rings. The zero-order valence-electron chi connectivity index (χ0n) is 16.4. The quantitative estimate of drug-likeness (QED) is 0.698. The van der Waals surface area contributed by atoms with E-state index >= 15 is 0 Å². The van der Waals surface area contributed by atoms with Gasteiger partial charge in [-0.15, -0.1) is 0 Å². The highest BCUT2D eigenvalue weighted by atomic mass is 32.2. The maximum atomic E-state index is 12.9. The highest BCUT2D eigenvalue weighted by molar-refractivity contribution is 7.88. The molecule has 0 spiro atoms. The Hall–Kier alpha value is -2.18. The molecule has 0 saturated carbocycles. The summed E-state index contributed by atoms with van der Waals surface area (Å²) in [5, 5.41) is 0. The van der Waals surface area contributed by atoms with Gasteiger partial charge < -0.3 is 4.90 Å². The van der Waals surface area contributed by atoms with E-state index in [-0.39, 0.29) is 25.0 Å². The molecule has 0 heterocycles. The first kappa shape index (κ1) is 21.1. The minimum Gasteiger partial charge on any atom is -0.335 e. The topological polar surface area (TPSA) is 57.7 Å². The summed E-state index contributed by atoms with van der Waals surface area (Å²) in [4.78, 5) is 14.7. The molecular formula is C21H28N2O3S. The van der Waals surface area contributed by atoms with Crippen LogP contribution in [0.4, 0.5) is 0 Å². The number of nitrogens with zero attached hydrogens (tertiary/aromatic N) is 2. The molecule has 0 unspecified atom stereocenters. The third-order valence-corrected chi connectivity index (χ3v) is 5.72. The number of aryl methyl sites for hydroxylation is 1. The largest absolute Gasteiger partial charge is 0.335 e. The normalized spacial score (nSPS) is 11.8. The minimum atomic E-state index is -3.52. The van der Waals surface area contributed by atoms with Gasteiger partial charge in [0.1, 0.15) is 0 Å². The van der Waals surface area contributed by atoms with Crippen molar-refractivity contribution in [2.45, 2.75) is 39.9 Å². The lowest BCUT2D eigenvalue weighted by Crippen LogP contribution is -2.44. The van der Waals surface area contributed by atoms with Gasteiger partial charge in [-0.25, -0.2) is 8.42 Å². The van der Waals surface area contributed by atoms with Crippen molar-refractivity contribution < 1.29 is 13.2 Å². The maximum absolute atomic E-state index is 12.9. The van der Waals surface area contributed by atoms with E-state index in [1.807, 2.05) is 75.4 Å². The van der Waals surface area contributed by atoms with Gasteiger partial charge in [0.15, 0.2) is 0 Å². The number of benzene rings is 2. The Morgan fingerprint density at radius 2 is 1.56 bits per heavy atom. The van der Waals surface area contributed by atoms with Gasteiger partial charge in [-0.2, -0.15) is 4.31 Å². The Bertz CT molecular complexity index is 864. The van der Waals surface area contributed by atoms with Gasteiger partial charge in [0, 0.05) is 19.1 Å². The summed E-state index contributed by atoms with van der Waals surface area (Å²) < 4.78 is 25.8. The molecule has 0 aromatic heterocycles. The fourth-order valence-electron chi connectivity index (χ4n) is 2.85. The Balaban J connectivity index is 2.19. The molecule has 2 aromatic carbocycles. The van der Waals surface area contributed by atoms with Gasteiger partial charge in [-0.3, -0.25) is 4.79 Å². The van der Waals surface area contributed by atoms with E-state index in [2.05, 4.69) is 0 Å². The second-order valence-electron chi connectivity index (χ2n) is 7.06. The molecular weight excluding hydrogens is 360 g/mol. The van der Waals surface area contributed by atoms with Crippen LogP contribution in [0.3, 0.4) is 0 Å². The van der Waals surface area contributed by atoms with Crippen LogP contribution in [0.1, 0.15) is 30.5 Å². The summed E-state index contributed by atoms with van der Waals surface area (Å²) in [6.07, 6.45) is 1.15. The zero-order chi connectivity index (χ0) is 20.0. The summed E-state index contributed by atoms with van der Waals surface area (Å²) in [6, 6.07) is 17.3. The summed E-state index contributed by atoms with van der Waals surface area (Å²) in [5.41, 5.74) is 2.92. The fraction of sp³-hybridized carbons (Fsp3) is 0.381. The highest BCUT2D eigenvalue weighted by Gasteiger charge is 2.25. The van der Waals surface area contributed by atoms with E-state index in [0.29, 0.717) is 6.54 Å². The van der Waals surface area contributed by atoms with Gasteiger partial charge in [0.05, 0.1) is 12.8 Å². The lowest BCUT2D eigenvalue weighted by molar-refractivity contribution is -0.133. The SMILES string of the molecule is Cc1ccccc1CN(CC(=O)N(Cc1ccccc1)C(C)C)S(C)(=O)=O. The van der Waals surface area contributed by atoms with Gasteiger partial charge in [0.25, 0.3) is 0 Å². The molecule has 1 amide bonds. The molecule has 5 nitrogen and oxygen atoms in total. The van der Waals surface area contributed by atoms with Crippen molar-refractivity contribution in [3.8, 4) is 0 Å². The summed E-state index contributed by atoms with van der Waals surface area (Å²) in [7, 11) is -3.52. The molecule has 27 heavy (non-hydrogen) atoms. The van der Waals surface area contributed by atoms with Crippen LogP contribution in [-0.2, 0) is 27.9 Å². The molecule has 0 atom stereocenters. The predicted octanol–water partition coefficient (Wildman–Crippen LogP) is 3.19. The van der Waals surface area contributed by atoms with Crippen molar-refractivity contribution in [3.05, 3.63) is 71.3 Å². The third kappa shape index (κ3) is 6.19.